The van der Waals surface area contributed by atoms with E-state index in [1.54, 1.807) is 6.07 Å². The molecule has 0 aromatic heterocycles. The maximum absolute atomic E-state index is 13.3. The van der Waals surface area contributed by atoms with Crippen molar-refractivity contribution >= 4 is 40.2 Å². The maximum Gasteiger partial charge on any atom is 0.306 e. The number of carbonyl (C=O) groups excluding carboxylic acids is 1. The van der Waals surface area contributed by atoms with Crippen molar-refractivity contribution in [2.45, 2.75) is 71.0 Å². The highest BCUT2D eigenvalue weighted by molar-refractivity contribution is 7.84. The van der Waals surface area contributed by atoms with Crippen molar-refractivity contribution in [3.63, 3.8) is 0 Å². The molecule has 5 rings (SSSR count). The smallest absolute Gasteiger partial charge is 0.306 e. The molecule has 1 fully saturated rings. The Morgan fingerprint density at radius 2 is 1.98 bits per heavy atom. The van der Waals surface area contributed by atoms with Crippen LogP contribution in [0.4, 0.5) is 5.69 Å². The quantitative estimate of drug-likeness (QED) is 0.341. The molecule has 1 amide bonds. The lowest BCUT2D eigenvalue weighted by Gasteiger charge is -2.45. The van der Waals surface area contributed by atoms with Crippen LogP contribution < -0.4 is 14.4 Å². The van der Waals surface area contributed by atoms with Crippen LogP contribution in [0.3, 0.4) is 0 Å². The predicted molar refractivity (Wildman–Crippen MR) is 177 cm³/mol. The summed E-state index contributed by atoms with van der Waals surface area (Å²) in [5, 5.41) is 10.5. The number of hydrogen-bond acceptors (Lipinski definition) is 5. The number of rotatable bonds is 5. The van der Waals surface area contributed by atoms with Gasteiger partial charge in [-0.05, 0) is 97.7 Å². The van der Waals surface area contributed by atoms with Crippen LogP contribution in [-0.4, -0.2) is 46.1 Å². The van der Waals surface area contributed by atoms with Crippen molar-refractivity contribution in [3.05, 3.63) is 70.3 Å². The summed E-state index contributed by atoms with van der Waals surface area (Å²) in [6, 6.07) is 11.6. The Bertz CT molecular complexity index is 1430. The lowest BCUT2D eigenvalue weighted by atomic mass is 9.63. The number of carboxylic acid groups (broad SMARTS) is 1. The molecule has 0 radical (unpaired) electrons. The van der Waals surface area contributed by atoms with Crippen molar-refractivity contribution in [1.29, 1.82) is 0 Å². The van der Waals surface area contributed by atoms with Gasteiger partial charge >= 0.3 is 5.97 Å². The molecule has 7 nitrogen and oxygen atoms in total. The molecule has 44 heavy (non-hydrogen) atoms. The number of nitrogens with zero attached hydrogens (tertiary/aromatic N) is 1. The number of halogens is 1. The van der Waals surface area contributed by atoms with Crippen molar-refractivity contribution in [1.82, 2.24) is 4.72 Å². The zero-order valence-corrected chi connectivity index (χ0v) is 27.7. The van der Waals surface area contributed by atoms with Gasteiger partial charge in [-0.2, -0.15) is 0 Å². The van der Waals surface area contributed by atoms with Crippen LogP contribution in [0.15, 0.2) is 48.6 Å². The fourth-order valence-electron chi connectivity index (χ4n) is 7.01. The van der Waals surface area contributed by atoms with Gasteiger partial charge < -0.3 is 14.7 Å². The number of fused-ring (bicyclic) bond motifs is 2. The topological polar surface area (TPSA) is 95.9 Å². The molecule has 8 atom stereocenters. The fraction of sp³-hybridized carbons (Fsp3) is 0.543. The van der Waals surface area contributed by atoms with Crippen LogP contribution in [-0.2, 0) is 22.2 Å². The van der Waals surface area contributed by atoms with E-state index in [1.165, 1.54) is 11.1 Å². The molecule has 2 aromatic carbocycles. The Hall–Kier alpha value is -2.84. The number of ether oxygens (including phenoxy) is 1. The minimum atomic E-state index is -1.58. The van der Waals surface area contributed by atoms with E-state index >= 15 is 0 Å². The van der Waals surface area contributed by atoms with Crippen molar-refractivity contribution in [3.8, 4) is 5.75 Å². The fourth-order valence-corrected chi connectivity index (χ4v) is 8.22. The molecule has 1 aliphatic carbocycles. The number of benzene rings is 2. The van der Waals surface area contributed by atoms with Crippen LogP contribution >= 0.6 is 11.6 Å². The molecule has 3 aliphatic rings. The Kier molecular flexibility index (Phi) is 10.4. The largest absolute Gasteiger partial charge is 0.491 e. The molecule has 9 heteroatoms. The Balaban J connectivity index is 1.56. The van der Waals surface area contributed by atoms with Crippen molar-refractivity contribution in [2.24, 2.45) is 29.6 Å². The highest BCUT2D eigenvalue weighted by atomic mass is 35.5. The molecule has 0 spiro atoms. The van der Waals surface area contributed by atoms with E-state index in [1.807, 2.05) is 39.0 Å². The van der Waals surface area contributed by atoms with Gasteiger partial charge in [0.15, 0.2) is 0 Å². The van der Waals surface area contributed by atoms with E-state index in [2.05, 4.69) is 40.8 Å². The number of carbonyl (C=O) groups is 2. The average molecular weight is 641 g/mol. The highest BCUT2D eigenvalue weighted by Crippen LogP contribution is 2.46. The van der Waals surface area contributed by atoms with Crippen LogP contribution in [0.2, 0.25) is 5.02 Å². The molecular weight excluding hydrogens is 596 g/mol. The second kappa shape index (κ2) is 14.1. The summed E-state index contributed by atoms with van der Waals surface area (Å²) >= 11 is 6.41. The lowest BCUT2D eigenvalue weighted by Crippen LogP contribution is -2.44. The predicted octanol–water partition coefficient (Wildman–Crippen LogP) is 7.02. The summed E-state index contributed by atoms with van der Waals surface area (Å²) in [7, 11) is -1.58. The Morgan fingerprint density at radius 3 is 2.68 bits per heavy atom. The molecule has 2 aliphatic heterocycles. The molecule has 2 heterocycles. The Morgan fingerprint density at radius 1 is 1.18 bits per heavy atom. The zero-order valence-electron chi connectivity index (χ0n) is 26.1. The van der Waals surface area contributed by atoms with Gasteiger partial charge in [0.05, 0.1) is 23.5 Å². The number of carboxylic acids is 1. The lowest BCUT2D eigenvalue weighted by molar-refractivity contribution is -0.143. The zero-order chi connectivity index (χ0) is 31.5. The molecule has 2 aromatic rings. The van der Waals surface area contributed by atoms with Gasteiger partial charge in [-0.3, -0.25) is 14.3 Å². The van der Waals surface area contributed by atoms with Gasteiger partial charge in [-0.25, -0.2) is 4.21 Å². The third kappa shape index (κ3) is 7.02. The van der Waals surface area contributed by atoms with E-state index in [0.29, 0.717) is 36.8 Å². The number of allylic oxidation sites excluding steroid dienone is 2. The number of anilines is 1. The van der Waals surface area contributed by atoms with E-state index in [9.17, 15) is 18.9 Å². The molecule has 238 valence electrons. The van der Waals surface area contributed by atoms with Gasteiger partial charge in [0.1, 0.15) is 16.7 Å². The summed E-state index contributed by atoms with van der Waals surface area (Å²) in [4.78, 5) is 27.9. The van der Waals surface area contributed by atoms with Crippen LogP contribution in [0.1, 0.15) is 80.8 Å². The number of nitrogens with one attached hydrogen (secondary N) is 1. The van der Waals surface area contributed by atoms with E-state index in [0.717, 1.165) is 42.9 Å². The number of aliphatic carboxylic acids is 1. The normalized spacial score (nSPS) is 30.5. The molecular formula is C35H45ClN2O5S. The number of aryl methyl sites for hydroxylation is 1. The van der Waals surface area contributed by atoms with Gasteiger partial charge in [-0.15, -0.1) is 0 Å². The summed E-state index contributed by atoms with van der Waals surface area (Å²) in [5.74, 6) is -0.396. The summed E-state index contributed by atoms with van der Waals surface area (Å²) in [6.07, 6.45) is 8.75. The van der Waals surface area contributed by atoms with E-state index in [-0.39, 0.29) is 34.8 Å². The third-order valence-electron chi connectivity index (χ3n) is 10.1. The van der Waals surface area contributed by atoms with E-state index in [4.69, 9.17) is 16.3 Å². The van der Waals surface area contributed by atoms with Crippen LogP contribution in [0.25, 0.3) is 0 Å². The van der Waals surface area contributed by atoms with Crippen molar-refractivity contribution < 1.29 is 23.6 Å². The van der Waals surface area contributed by atoms with Gasteiger partial charge in [0.25, 0.3) is 5.91 Å². The number of hydrogen-bond donors (Lipinski definition) is 2. The minimum Gasteiger partial charge on any atom is -0.491 e. The Labute approximate surface area is 269 Å². The van der Waals surface area contributed by atoms with Crippen LogP contribution in [0, 0.1) is 29.6 Å². The maximum atomic E-state index is 13.3. The standard InChI is InChI=1S/C35H45ClN2O5S/c1-5-7-24-16-28(36)12-14-30(24)27-19-38-18-26-10-13-31(26)29(22(3)35(40)41)9-6-8-21(2)23(4)44(42)37-34(39)25-11-15-33(43-20-27)32(38)17-25/h6,9,11-12,14-17,21-23,26-27,29,31H,5,7-8,10,13,18-20H2,1-4H3,(H,37,39)(H,40,41)/b9-6+/t21?,22-,23?,26?,27?,29?,31?,44?/m0/s1. The molecule has 2 N–H and O–H groups in total. The SMILES string of the molecule is CCCc1cc(Cl)ccc1C1COc2ccc3cc2N(C1)CC1CCC1C([C@H](C)C(=O)O)/C=C/CC(C)C(C)S(=O)NC3=O. The summed E-state index contributed by atoms with van der Waals surface area (Å²) < 4.78 is 22.4. The first-order valence-electron chi connectivity index (χ1n) is 16.0. The summed E-state index contributed by atoms with van der Waals surface area (Å²) in [6.45, 7) is 9.79. The second-order valence-electron chi connectivity index (χ2n) is 13.0. The van der Waals surface area contributed by atoms with Gasteiger partial charge in [-0.1, -0.05) is 57.0 Å². The van der Waals surface area contributed by atoms with Crippen LogP contribution in [0.5, 0.6) is 5.75 Å². The molecule has 7 unspecified atom stereocenters. The molecule has 0 saturated heterocycles. The molecule has 1 saturated carbocycles. The van der Waals surface area contributed by atoms with Gasteiger partial charge in [0, 0.05) is 29.6 Å². The first-order valence-corrected chi connectivity index (χ1v) is 17.6. The highest BCUT2D eigenvalue weighted by Gasteiger charge is 2.42. The average Bonchev–Trinajstić information content (AvgIpc) is 3.16. The first kappa shape index (κ1) is 32.6. The molecule has 2 bridgehead atoms. The van der Waals surface area contributed by atoms with Gasteiger partial charge in [0.2, 0.25) is 0 Å². The number of amides is 1. The van der Waals surface area contributed by atoms with Crippen molar-refractivity contribution in [2.75, 3.05) is 24.6 Å². The first-order chi connectivity index (χ1) is 21.1. The summed E-state index contributed by atoms with van der Waals surface area (Å²) in [5.41, 5.74) is 3.73. The minimum absolute atomic E-state index is 0.0385. The van der Waals surface area contributed by atoms with E-state index < -0.39 is 22.9 Å². The third-order valence-corrected chi connectivity index (χ3v) is 11.9. The second-order valence-corrected chi connectivity index (χ2v) is 14.9. The monoisotopic (exact) mass is 640 g/mol.